The van der Waals surface area contributed by atoms with Crippen LogP contribution in [0.3, 0.4) is 0 Å². The zero-order valence-corrected chi connectivity index (χ0v) is 9.18. The lowest BCUT2D eigenvalue weighted by Gasteiger charge is -2.44. The van der Waals surface area contributed by atoms with Crippen molar-refractivity contribution in [2.45, 2.75) is 39.2 Å². The summed E-state index contributed by atoms with van der Waals surface area (Å²) >= 11 is 0. The molecule has 0 bridgehead atoms. The van der Waals surface area contributed by atoms with Gasteiger partial charge in [0.2, 0.25) is 5.91 Å². The molecular formula is C11H20N2O. The van der Waals surface area contributed by atoms with Gasteiger partial charge in [0.05, 0.1) is 0 Å². The van der Waals surface area contributed by atoms with Gasteiger partial charge in [0.15, 0.2) is 0 Å². The largest absolute Gasteiger partial charge is 0.337 e. The Morgan fingerprint density at radius 2 is 2.21 bits per heavy atom. The van der Waals surface area contributed by atoms with E-state index in [-0.39, 0.29) is 5.41 Å². The maximum atomic E-state index is 12.2. The number of carbonyl (C=O) groups excluding carboxylic acids is 1. The van der Waals surface area contributed by atoms with Gasteiger partial charge in [-0.15, -0.1) is 0 Å². The van der Waals surface area contributed by atoms with Crippen molar-refractivity contribution in [3.63, 3.8) is 0 Å². The quantitative estimate of drug-likeness (QED) is 0.678. The summed E-state index contributed by atoms with van der Waals surface area (Å²) in [7, 11) is 0. The van der Waals surface area contributed by atoms with E-state index < -0.39 is 0 Å². The zero-order valence-electron chi connectivity index (χ0n) is 9.18. The van der Waals surface area contributed by atoms with Crippen LogP contribution in [-0.4, -0.2) is 36.5 Å². The second-order valence-electron chi connectivity index (χ2n) is 4.97. The normalized spacial score (nSPS) is 31.0. The second-order valence-corrected chi connectivity index (χ2v) is 4.97. The highest BCUT2D eigenvalue weighted by Crippen LogP contribution is 2.42. The fourth-order valence-electron chi connectivity index (χ4n) is 2.41. The molecule has 1 saturated heterocycles. The summed E-state index contributed by atoms with van der Waals surface area (Å²) in [5, 5.41) is 3.31. The fourth-order valence-corrected chi connectivity index (χ4v) is 2.41. The highest BCUT2D eigenvalue weighted by atomic mass is 16.2. The van der Waals surface area contributed by atoms with Crippen LogP contribution < -0.4 is 5.32 Å². The summed E-state index contributed by atoms with van der Waals surface area (Å²) in [6, 6.07) is 0.369. The molecule has 1 heterocycles. The Hall–Kier alpha value is -0.570. The first-order valence-electron chi connectivity index (χ1n) is 5.65. The Morgan fingerprint density at radius 1 is 1.50 bits per heavy atom. The summed E-state index contributed by atoms with van der Waals surface area (Å²) in [6.07, 6.45) is 3.40. The first-order chi connectivity index (χ1) is 6.63. The molecule has 1 aliphatic carbocycles. The van der Waals surface area contributed by atoms with Crippen LogP contribution in [0.15, 0.2) is 0 Å². The molecule has 1 unspecified atom stereocenters. The fraction of sp³-hybridized carbons (Fsp3) is 0.909. The molecular weight excluding hydrogens is 176 g/mol. The standard InChI is InChI=1S/C11H20N2O/c1-9-8-12-6-7-13(9)10(14)11(2)4-3-5-11/h9,12H,3-8H2,1-2H3. The van der Waals surface area contributed by atoms with E-state index in [9.17, 15) is 4.79 Å². The van der Waals surface area contributed by atoms with Gasteiger partial charge in [0, 0.05) is 31.1 Å². The smallest absolute Gasteiger partial charge is 0.228 e. The highest BCUT2D eigenvalue weighted by Gasteiger charge is 2.43. The van der Waals surface area contributed by atoms with Gasteiger partial charge in [-0.2, -0.15) is 0 Å². The Kier molecular flexibility index (Phi) is 2.52. The number of amides is 1. The molecule has 3 heteroatoms. The first-order valence-corrected chi connectivity index (χ1v) is 5.65. The molecule has 1 atom stereocenters. The topological polar surface area (TPSA) is 32.3 Å². The lowest BCUT2D eigenvalue weighted by molar-refractivity contribution is -0.149. The van der Waals surface area contributed by atoms with Crippen LogP contribution in [0.1, 0.15) is 33.1 Å². The summed E-state index contributed by atoms with van der Waals surface area (Å²) in [5.41, 5.74) is -0.0222. The van der Waals surface area contributed by atoms with Crippen LogP contribution in [0.5, 0.6) is 0 Å². The van der Waals surface area contributed by atoms with E-state index in [0.29, 0.717) is 11.9 Å². The third kappa shape index (κ3) is 1.54. The number of hydrogen-bond acceptors (Lipinski definition) is 2. The summed E-state index contributed by atoms with van der Waals surface area (Å²) in [6.45, 7) is 7.03. The van der Waals surface area contributed by atoms with E-state index in [1.807, 2.05) is 0 Å². The van der Waals surface area contributed by atoms with Crippen molar-refractivity contribution >= 4 is 5.91 Å². The van der Waals surface area contributed by atoms with Crippen molar-refractivity contribution in [3.8, 4) is 0 Å². The molecule has 0 aromatic heterocycles. The Bertz CT molecular complexity index is 235. The van der Waals surface area contributed by atoms with Gasteiger partial charge >= 0.3 is 0 Å². The molecule has 2 fully saturated rings. The molecule has 3 nitrogen and oxygen atoms in total. The van der Waals surface area contributed by atoms with Crippen molar-refractivity contribution in [2.75, 3.05) is 19.6 Å². The van der Waals surface area contributed by atoms with Crippen molar-refractivity contribution in [3.05, 3.63) is 0 Å². The molecule has 0 spiro atoms. The van der Waals surface area contributed by atoms with Crippen LogP contribution in [0, 0.1) is 5.41 Å². The first kappa shape index (κ1) is 9.97. The molecule has 1 N–H and O–H groups in total. The lowest BCUT2D eigenvalue weighted by Crippen LogP contribution is -2.57. The van der Waals surface area contributed by atoms with E-state index >= 15 is 0 Å². The van der Waals surface area contributed by atoms with Crippen LogP contribution in [0.2, 0.25) is 0 Å². The molecule has 1 amide bonds. The van der Waals surface area contributed by atoms with E-state index in [2.05, 4.69) is 24.1 Å². The third-order valence-electron chi connectivity index (χ3n) is 3.74. The lowest BCUT2D eigenvalue weighted by atomic mass is 9.69. The number of nitrogens with zero attached hydrogens (tertiary/aromatic N) is 1. The maximum absolute atomic E-state index is 12.2. The number of nitrogens with one attached hydrogen (secondary N) is 1. The minimum Gasteiger partial charge on any atom is -0.337 e. The van der Waals surface area contributed by atoms with Crippen LogP contribution in [0.4, 0.5) is 0 Å². The summed E-state index contributed by atoms with van der Waals surface area (Å²) in [5.74, 6) is 0.387. The number of piperazine rings is 1. The molecule has 80 valence electrons. The van der Waals surface area contributed by atoms with Crippen LogP contribution in [-0.2, 0) is 4.79 Å². The predicted molar refractivity (Wildman–Crippen MR) is 56.0 cm³/mol. The molecule has 2 aliphatic rings. The SMILES string of the molecule is CC1CNCCN1C(=O)C1(C)CCC1. The van der Waals surface area contributed by atoms with Crippen molar-refractivity contribution in [1.82, 2.24) is 10.2 Å². The molecule has 2 rings (SSSR count). The van der Waals surface area contributed by atoms with Crippen molar-refractivity contribution in [1.29, 1.82) is 0 Å². The second kappa shape index (κ2) is 3.54. The van der Waals surface area contributed by atoms with Crippen molar-refractivity contribution in [2.24, 2.45) is 5.41 Å². The van der Waals surface area contributed by atoms with Gasteiger partial charge < -0.3 is 10.2 Å². The Morgan fingerprint density at radius 3 is 2.71 bits per heavy atom. The number of hydrogen-bond donors (Lipinski definition) is 1. The molecule has 1 aliphatic heterocycles. The predicted octanol–water partition coefficient (Wildman–Crippen LogP) is 0.997. The molecule has 14 heavy (non-hydrogen) atoms. The molecule has 0 aromatic rings. The van der Waals surface area contributed by atoms with Gasteiger partial charge in [-0.3, -0.25) is 4.79 Å². The summed E-state index contributed by atoms with van der Waals surface area (Å²) < 4.78 is 0. The van der Waals surface area contributed by atoms with Crippen molar-refractivity contribution < 1.29 is 4.79 Å². The van der Waals surface area contributed by atoms with E-state index in [1.54, 1.807) is 0 Å². The summed E-state index contributed by atoms with van der Waals surface area (Å²) in [4.78, 5) is 14.3. The van der Waals surface area contributed by atoms with E-state index in [4.69, 9.17) is 0 Å². The van der Waals surface area contributed by atoms with Crippen LogP contribution in [0.25, 0.3) is 0 Å². The Labute approximate surface area is 85.8 Å². The average Bonchev–Trinajstić information content (AvgIpc) is 2.14. The van der Waals surface area contributed by atoms with E-state index in [0.717, 1.165) is 32.5 Å². The average molecular weight is 196 g/mol. The van der Waals surface area contributed by atoms with Gasteiger partial charge in [-0.1, -0.05) is 13.3 Å². The van der Waals surface area contributed by atoms with E-state index in [1.165, 1.54) is 6.42 Å². The molecule has 1 saturated carbocycles. The van der Waals surface area contributed by atoms with Gasteiger partial charge in [-0.25, -0.2) is 0 Å². The minimum atomic E-state index is -0.0222. The molecule has 0 radical (unpaired) electrons. The highest BCUT2D eigenvalue weighted by molar-refractivity contribution is 5.83. The number of carbonyl (C=O) groups is 1. The van der Waals surface area contributed by atoms with Gasteiger partial charge in [0.25, 0.3) is 0 Å². The maximum Gasteiger partial charge on any atom is 0.228 e. The minimum absolute atomic E-state index is 0.0222. The molecule has 0 aromatic carbocycles. The van der Waals surface area contributed by atoms with Gasteiger partial charge in [0.1, 0.15) is 0 Å². The van der Waals surface area contributed by atoms with Crippen LogP contribution >= 0.6 is 0 Å². The Balaban J connectivity index is 2.02. The third-order valence-corrected chi connectivity index (χ3v) is 3.74. The van der Waals surface area contributed by atoms with Gasteiger partial charge in [-0.05, 0) is 19.8 Å². The zero-order chi connectivity index (χ0) is 10.2. The monoisotopic (exact) mass is 196 g/mol. The number of rotatable bonds is 1.